The maximum absolute atomic E-state index is 5.67. The Morgan fingerprint density at radius 1 is 1.20 bits per heavy atom. The van der Waals surface area contributed by atoms with Gasteiger partial charge in [0.05, 0.1) is 11.6 Å². The topological polar surface area (TPSA) is 30.5 Å². The van der Waals surface area contributed by atoms with E-state index in [0.717, 1.165) is 35.2 Å². The lowest BCUT2D eigenvalue weighted by molar-refractivity contribution is 0.324. The van der Waals surface area contributed by atoms with Crippen molar-refractivity contribution in [2.45, 2.75) is 32.4 Å². The molecular formula is C21H26BrNO2. The first-order valence-corrected chi connectivity index (χ1v) is 9.30. The summed E-state index contributed by atoms with van der Waals surface area (Å²) < 4.78 is 12.0. The molecule has 0 aliphatic rings. The maximum Gasteiger partial charge on any atom is 0.175 e. The zero-order chi connectivity index (χ0) is 18.1. The maximum atomic E-state index is 5.67. The lowest BCUT2D eigenvalue weighted by Crippen LogP contribution is -2.26. The van der Waals surface area contributed by atoms with Crippen molar-refractivity contribution in [2.24, 2.45) is 0 Å². The molecule has 0 fully saturated rings. The van der Waals surface area contributed by atoms with E-state index < -0.39 is 0 Å². The Balaban J connectivity index is 1.91. The average Bonchev–Trinajstić information content (AvgIpc) is 2.64. The van der Waals surface area contributed by atoms with E-state index in [9.17, 15) is 0 Å². The van der Waals surface area contributed by atoms with Crippen molar-refractivity contribution in [2.75, 3.05) is 13.7 Å². The number of benzene rings is 2. The second kappa shape index (κ2) is 10.3. The van der Waals surface area contributed by atoms with Crippen LogP contribution in [0.4, 0.5) is 0 Å². The minimum absolute atomic E-state index is 0.432. The number of hydrogen-bond acceptors (Lipinski definition) is 3. The molecule has 0 aliphatic heterocycles. The fraction of sp³-hybridized carbons (Fsp3) is 0.333. The summed E-state index contributed by atoms with van der Waals surface area (Å²) in [7, 11) is 1.65. The summed E-state index contributed by atoms with van der Waals surface area (Å²) >= 11 is 3.57. The van der Waals surface area contributed by atoms with Crippen molar-refractivity contribution in [1.29, 1.82) is 0 Å². The van der Waals surface area contributed by atoms with E-state index in [2.05, 4.69) is 71.1 Å². The van der Waals surface area contributed by atoms with Gasteiger partial charge in [0.25, 0.3) is 0 Å². The van der Waals surface area contributed by atoms with E-state index in [0.29, 0.717) is 18.4 Å². The molecular weight excluding hydrogens is 378 g/mol. The fourth-order valence-electron chi connectivity index (χ4n) is 2.58. The summed E-state index contributed by atoms with van der Waals surface area (Å²) in [5.41, 5.74) is 2.53. The van der Waals surface area contributed by atoms with E-state index in [1.807, 2.05) is 6.07 Å². The molecule has 0 aromatic heterocycles. The van der Waals surface area contributed by atoms with Crippen molar-refractivity contribution in [3.63, 3.8) is 0 Å². The van der Waals surface area contributed by atoms with Crippen LogP contribution in [0.3, 0.4) is 0 Å². The standard InChI is InChI=1S/C21H26BrNO2/c1-4-12-25-21-19(22)13-18(14-20(21)24-3)15-23-16(2)10-11-17-8-6-5-7-9-17/h4-9,13-14,16,23H,1,10-12,15H2,2-3H3/t16-/m0/s1. The third kappa shape index (κ3) is 6.22. The summed E-state index contributed by atoms with van der Waals surface area (Å²) in [4.78, 5) is 0. The van der Waals surface area contributed by atoms with Crippen molar-refractivity contribution in [3.8, 4) is 11.5 Å². The number of hydrogen-bond donors (Lipinski definition) is 1. The molecule has 2 aromatic rings. The highest BCUT2D eigenvalue weighted by Gasteiger charge is 2.12. The van der Waals surface area contributed by atoms with Crippen LogP contribution >= 0.6 is 15.9 Å². The van der Waals surface area contributed by atoms with Crippen LogP contribution < -0.4 is 14.8 Å². The van der Waals surface area contributed by atoms with Gasteiger partial charge in [0.2, 0.25) is 0 Å². The van der Waals surface area contributed by atoms with Crippen LogP contribution in [0.1, 0.15) is 24.5 Å². The van der Waals surface area contributed by atoms with Crippen LogP contribution in [0.15, 0.2) is 59.6 Å². The van der Waals surface area contributed by atoms with Gasteiger partial charge < -0.3 is 14.8 Å². The molecule has 25 heavy (non-hydrogen) atoms. The number of ether oxygens (including phenoxy) is 2. The molecule has 0 saturated carbocycles. The molecule has 0 unspecified atom stereocenters. The molecule has 0 bridgehead atoms. The smallest absolute Gasteiger partial charge is 0.175 e. The molecule has 0 spiro atoms. The summed E-state index contributed by atoms with van der Waals surface area (Å²) in [6.07, 6.45) is 3.90. The van der Waals surface area contributed by atoms with Gasteiger partial charge in [-0.25, -0.2) is 0 Å². The number of halogens is 1. The fourth-order valence-corrected chi connectivity index (χ4v) is 3.18. The molecule has 1 atom stereocenters. The molecule has 0 aliphatic carbocycles. The van der Waals surface area contributed by atoms with E-state index in [1.54, 1.807) is 13.2 Å². The Bertz CT molecular complexity index is 673. The normalized spacial score (nSPS) is 11.8. The second-order valence-electron chi connectivity index (χ2n) is 6.01. The van der Waals surface area contributed by atoms with E-state index in [4.69, 9.17) is 9.47 Å². The van der Waals surface area contributed by atoms with Crippen LogP contribution in [-0.4, -0.2) is 19.8 Å². The van der Waals surface area contributed by atoms with E-state index in [-0.39, 0.29) is 0 Å². The first kappa shape index (κ1) is 19.5. The van der Waals surface area contributed by atoms with Gasteiger partial charge in [-0.2, -0.15) is 0 Å². The van der Waals surface area contributed by atoms with Gasteiger partial charge in [-0.1, -0.05) is 43.0 Å². The second-order valence-corrected chi connectivity index (χ2v) is 6.87. The molecule has 2 aromatic carbocycles. The molecule has 134 valence electrons. The predicted molar refractivity (Wildman–Crippen MR) is 107 cm³/mol. The summed E-state index contributed by atoms with van der Waals surface area (Å²) in [6.45, 7) is 7.13. The van der Waals surface area contributed by atoms with E-state index in [1.165, 1.54) is 5.56 Å². The zero-order valence-electron chi connectivity index (χ0n) is 14.9. The van der Waals surface area contributed by atoms with Gasteiger partial charge in [-0.15, -0.1) is 0 Å². The summed E-state index contributed by atoms with van der Waals surface area (Å²) in [5.74, 6) is 1.44. The Hall–Kier alpha value is -1.78. The summed E-state index contributed by atoms with van der Waals surface area (Å²) in [5, 5.41) is 3.58. The first-order valence-electron chi connectivity index (χ1n) is 8.51. The monoisotopic (exact) mass is 403 g/mol. The van der Waals surface area contributed by atoms with Gasteiger partial charge in [-0.05, 0) is 59.0 Å². The SMILES string of the molecule is C=CCOc1c(Br)cc(CN[C@@H](C)CCc2ccccc2)cc1OC. The van der Waals surface area contributed by atoms with Crippen molar-refractivity contribution in [3.05, 3.63) is 70.7 Å². The van der Waals surface area contributed by atoms with Gasteiger partial charge in [0.1, 0.15) is 6.61 Å². The molecule has 3 nitrogen and oxygen atoms in total. The van der Waals surface area contributed by atoms with Crippen molar-refractivity contribution >= 4 is 15.9 Å². The Labute approximate surface area is 159 Å². The quantitative estimate of drug-likeness (QED) is 0.557. The third-order valence-electron chi connectivity index (χ3n) is 4.00. The van der Waals surface area contributed by atoms with Crippen LogP contribution in [0.2, 0.25) is 0 Å². The minimum atomic E-state index is 0.432. The highest BCUT2D eigenvalue weighted by atomic mass is 79.9. The molecule has 0 heterocycles. The number of aryl methyl sites for hydroxylation is 1. The lowest BCUT2D eigenvalue weighted by Gasteiger charge is -2.16. The number of nitrogens with one attached hydrogen (secondary N) is 1. The molecule has 2 rings (SSSR count). The van der Waals surface area contributed by atoms with Crippen molar-refractivity contribution in [1.82, 2.24) is 5.32 Å². The van der Waals surface area contributed by atoms with Crippen LogP contribution in [-0.2, 0) is 13.0 Å². The van der Waals surface area contributed by atoms with Gasteiger partial charge in [0.15, 0.2) is 11.5 Å². The highest BCUT2D eigenvalue weighted by Crippen LogP contribution is 2.36. The molecule has 0 amide bonds. The number of rotatable bonds is 10. The lowest BCUT2D eigenvalue weighted by atomic mass is 10.1. The van der Waals surface area contributed by atoms with Crippen LogP contribution in [0.5, 0.6) is 11.5 Å². The molecule has 4 heteroatoms. The molecule has 0 saturated heterocycles. The average molecular weight is 404 g/mol. The number of methoxy groups -OCH3 is 1. The Morgan fingerprint density at radius 2 is 1.96 bits per heavy atom. The largest absolute Gasteiger partial charge is 0.493 e. The third-order valence-corrected chi connectivity index (χ3v) is 4.59. The summed E-state index contributed by atoms with van der Waals surface area (Å²) in [6, 6.07) is 15.1. The highest BCUT2D eigenvalue weighted by molar-refractivity contribution is 9.10. The Kier molecular flexibility index (Phi) is 8.02. The van der Waals surface area contributed by atoms with Gasteiger partial charge >= 0.3 is 0 Å². The van der Waals surface area contributed by atoms with E-state index >= 15 is 0 Å². The predicted octanol–water partition coefficient (Wildman–Crippen LogP) is 5.13. The van der Waals surface area contributed by atoms with Crippen molar-refractivity contribution < 1.29 is 9.47 Å². The minimum Gasteiger partial charge on any atom is -0.493 e. The molecule has 0 radical (unpaired) electrons. The Morgan fingerprint density at radius 3 is 2.64 bits per heavy atom. The van der Waals surface area contributed by atoms with Gasteiger partial charge in [-0.3, -0.25) is 0 Å². The first-order chi connectivity index (χ1) is 12.1. The van der Waals surface area contributed by atoms with Crippen LogP contribution in [0.25, 0.3) is 0 Å². The van der Waals surface area contributed by atoms with Gasteiger partial charge in [0, 0.05) is 12.6 Å². The molecule has 1 N–H and O–H groups in total. The zero-order valence-corrected chi connectivity index (χ0v) is 16.5. The van der Waals surface area contributed by atoms with Crippen LogP contribution in [0, 0.1) is 0 Å².